The summed E-state index contributed by atoms with van der Waals surface area (Å²) in [5.41, 5.74) is 2.19. The predicted octanol–water partition coefficient (Wildman–Crippen LogP) is 3.49. The van der Waals surface area contributed by atoms with Crippen LogP contribution in [0.5, 0.6) is 5.88 Å². The molecule has 18 heavy (non-hydrogen) atoms. The van der Waals surface area contributed by atoms with Crippen LogP contribution in [0.15, 0.2) is 36.4 Å². The summed E-state index contributed by atoms with van der Waals surface area (Å²) in [6, 6.07) is 12.9. The van der Waals surface area contributed by atoms with Crippen LogP contribution in [0.25, 0.3) is 0 Å². The molecule has 0 aliphatic rings. The first-order valence-electron chi connectivity index (χ1n) is 5.44. The van der Waals surface area contributed by atoms with Gasteiger partial charge in [-0.1, -0.05) is 23.7 Å². The number of ether oxygens (including phenoxy) is 1. The molecule has 0 fully saturated rings. The molecule has 0 bridgehead atoms. The maximum atomic E-state index is 8.96. The van der Waals surface area contributed by atoms with Crippen molar-refractivity contribution in [3.63, 3.8) is 0 Å². The van der Waals surface area contributed by atoms with Crippen LogP contribution in [0.4, 0.5) is 0 Å². The van der Waals surface area contributed by atoms with Gasteiger partial charge in [-0.25, -0.2) is 4.98 Å². The van der Waals surface area contributed by atoms with Crippen molar-refractivity contribution in [2.24, 2.45) is 0 Å². The van der Waals surface area contributed by atoms with E-state index >= 15 is 0 Å². The summed E-state index contributed by atoms with van der Waals surface area (Å²) in [5.74, 6) is 0.359. The summed E-state index contributed by atoms with van der Waals surface area (Å²) in [7, 11) is 0. The Labute approximate surface area is 111 Å². The van der Waals surface area contributed by atoms with Gasteiger partial charge in [0.25, 0.3) is 0 Å². The van der Waals surface area contributed by atoms with E-state index in [0.717, 1.165) is 11.3 Å². The van der Waals surface area contributed by atoms with E-state index in [4.69, 9.17) is 21.6 Å². The third kappa shape index (κ3) is 2.99. The standard InChI is InChI=1S/C14H11ClN2O/c1-10-5-6-12(8-16)14(17-10)18-9-11-3-2-4-13(15)7-11/h2-7H,9H2,1H3. The molecule has 0 aliphatic carbocycles. The fourth-order valence-electron chi connectivity index (χ4n) is 1.51. The first-order chi connectivity index (χ1) is 8.69. The minimum atomic E-state index is 0.339. The van der Waals surface area contributed by atoms with E-state index in [1.807, 2.05) is 25.1 Å². The lowest BCUT2D eigenvalue weighted by Crippen LogP contribution is -2.00. The average Bonchev–Trinajstić information content (AvgIpc) is 2.37. The highest BCUT2D eigenvalue weighted by Gasteiger charge is 2.05. The molecule has 0 radical (unpaired) electrons. The lowest BCUT2D eigenvalue weighted by Gasteiger charge is -2.07. The van der Waals surface area contributed by atoms with Crippen molar-refractivity contribution in [1.29, 1.82) is 5.26 Å². The van der Waals surface area contributed by atoms with E-state index in [-0.39, 0.29) is 0 Å². The molecule has 0 atom stereocenters. The molecular formula is C14H11ClN2O. The molecule has 1 heterocycles. The number of nitrogens with zero attached hydrogens (tertiary/aromatic N) is 2. The molecule has 1 aromatic carbocycles. The normalized spacial score (nSPS) is 9.83. The molecule has 0 saturated carbocycles. The number of rotatable bonds is 3. The Bertz CT molecular complexity index is 605. The monoisotopic (exact) mass is 258 g/mol. The Morgan fingerprint density at radius 3 is 2.89 bits per heavy atom. The summed E-state index contributed by atoms with van der Waals surface area (Å²) >= 11 is 5.89. The molecule has 0 saturated heterocycles. The molecule has 4 heteroatoms. The van der Waals surface area contributed by atoms with Crippen LogP contribution in [0.1, 0.15) is 16.8 Å². The lowest BCUT2D eigenvalue weighted by molar-refractivity contribution is 0.292. The molecule has 0 aliphatic heterocycles. The van der Waals surface area contributed by atoms with Gasteiger partial charge in [0.05, 0.1) is 0 Å². The number of aryl methyl sites for hydroxylation is 1. The number of hydrogen-bond acceptors (Lipinski definition) is 3. The molecule has 0 spiro atoms. The van der Waals surface area contributed by atoms with Gasteiger partial charge in [-0.15, -0.1) is 0 Å². The molecule has 2 aromatic rings. The zero-order valence-electron chi connectivity index (χ0n) is 9.85. The van der Waals surface area contributed by atoms with Gasteiger partial charge in [-0.3, -0.25) is 0 Å². The molecule has 3 nitrogen and oxygen atoms in total. The van der Waals surface area contributed by atoms with Gasteiger partial charge in [-0.05, 0) is 36.8 Å². The van der Waals surface area contributed by atoms with Crippen LogP contribution in [0, 0.1) is 18.3 Å². The SMILES string of the molecule is Cc1ccc(C#N)c(OCc2cccc(Cl)c2)n1. The minimum absolute atomic E-state index is 0.339. The van der Waals surface area contributed by atoms with Gasteiger partial charge in [-0.2, -0.15) is 5.26 Å². The number of nitriles is 1. The number of benzene rings is 1. The Morgan fingerprint density at radius 2 is 2.17 bits per heavy atom. The minimum Gasteiger partial charge on any atom is -0.472 e. The third-order valence-electron chi connectivity index (χ3n) is 2.38. The topological polar surface area (TPSA) is 45.9 Å². The molecule has 90 valence electrons. The van der Waals surface area contributed by atoms with Crippen LogP contribution in [-0.4, -0.2) is 4.98 Å². The number of pyridine rings is 1. The van der Waals surface area contributed by atoms with Gasteiger partial charge in [0.1, 0.15) is 18.2 Å². The highest BCUT2D eigenvalue weighted by atomic mass is 35.5. The predicted molar refractivity (Wildman–Crippen MR) is 69.5 cm³/mol. The van der Waals surface area contributed by atoms with Crippen molar-refractivity contribution < 1.29 is 4.74 Å². The smallest absolute Gasteiger partial charge is 0.232 e. The Kier molecular flexibility index (Phi) is 3.81. The molecule has 0 unspecified atom stereocenters. The van der Waals surface area contributed by atoms with E-state index in [1.165, 1.54) is 0 Å². The van der Waals surface area contributed by atoms with Crippen molar-refractivity contribution in [3.05, 3.63) is 58.2 Å². The Balaban J connectivity index is 2.15. The maximum absolute atomic E-state index is 8.96. The zero-order valence-corrected chi connectivity index (χ0v) is 10.6. The fourth-order valence-corrected chi connectivity index (χ4v) is 1.72. The number of hydrogen-bond donors (Lipinski definition) is 0. The first-order valence-corrected chi connectivity index (χ1v) is 5.82. The van der Waals surface area contributed by atoms with Gasteiger partial charge >= 0.3 is 0 Å². The molecule has 1 aromatic heterocycles. The molecular weight excluding hydrogens is 248 g/mol. The summed E-state index contributed by atoms with van der Waals surface area (Å²) in [4.78, 5) is 4.20. The second-order valence-electron chi connectivity index (χ2n) is 3.84. The molecule has 2 rings (SSSR count). The summed E-state index contributed by atoms with van der Waals surface area (Å²) in [6.45, 7) is 2.19. The van der Waals surface area contributed by atoms with E-state index in [2.05, 4.69) is 11.1 Å². The summed E-state index contributed by atoms with van der Waals surface area (Å²) in [5, 5.41) is 9.62. The van der Waals surface area contributed by atoms with Gasteiger partial charge in [0, 0.05) is 10.7 Å². The van der Waals surface area contributed by atoms with E-state index < -0.39 is 0 Å². The van der Waals surface area contributed by atoms with Crippen LogP contribution in [0.2, 0.25) is 5.02 Å². The van der Waals surface area contributed by atoms with Crippen molar-refractivity contribution in [3.8, 4) is 11.9 Å². The Hall–Kier alpha value is -2.05. The highest BCUT2D eigenvalue weighted by Crippen LogP contribution is 2.17. The van der Waals surface area contributed by atoms with Crippen LogP contribution in [0.3, 0.4) is 0 Å². The second-order valence-corrected chi connectivity index (χ2v) is 4.27. The van der Waals surface area contributed by atoms with Crippen LogP contribution < -0.4 is 4.74 Å². The number of halogens is 1. The zero-order chi connectivity index (χ0) is 13.0. The highest BCUT2D eigenvalue weighted by molar-refractivity contribution is 6.30. The Morgan fingerprint density at radius 1 is 1.33 bits per heavy atom. The van der Waals surface area contributed by atoms with Crippen molar-refractivity contribution in [1.82, 2.24) is 4.98 Å². The van der Waals surface area contributed by atoms with Gasteiger partial charge in [0.2, 0.25) is 5.88 Å². The molecule has 0 amide bonds. The summed E-state index contributed by atoms with van der Waals surface area (Å²) in [6.07, 6.45) is 0. The van der Waals surface area contributed by atoms with Crippen LogP contribution in [-0.2, 0) is 6.61 Å². The van der Waals surface area contributed by atoms with Gasteiger partial charge in [0.15, 0.2) is 0 Å². The average molecular weight is 259 g/mol. The number of aromatic nitrogens is 1. The molecule has 0 N–H and O–H groups in total. The maximum Gasteiger partial charge on any atom is 0.232 e. The third-order valence-corrected chi connectivity index (χ3v) is 2.62. The fraction of sp³-hybridized carbons (Fsp3) is 0.143. The quantitative estimate of drug-likeness (QED) is 0.847. The van der Waals surface area contributed by atoms with Crippen molar-refractivity contribution in [2.75, 3.05) is 0 Å². The van der Waals surface area contributed by atoms with E-state index in [9.17, 15) is 0 Å². The summed E-state index contributed by atoms with van der Waals surface area (Å²) < 4.78 is 5.56. The lowest BCUT2D eigenvalue weighted by atomic mass is 10.2. The van der Waals surface area contributed by atoms with Crippen LogP contribution >= 0.6 is 11.6 Å². The van der Waals surface area contributed by atoms with Gasteiger partial charge < -0.3 is 4.74 Å². The first kappa shape index (κ1) is 12.4. The van der Waals surface area contributed by atoms with E-state index in [0.29, 0.717) is 23.1 Å². The second kappa shape index (κ2) is 5.52. The largest absolute Gasteiger partial charge is 0.472 e. The van der Waals surface area contributed by atoms with E-state index in [1.54, 1.807) is 18.2 Å². The van der Waals surface area contributed by atoms with Crippen molar-refractivity contribution >= 4 is 11.6 Å². The van der Waals surface area contributed by atoms with Crippen molar-refractivity contribution in [2.45, 2.75) is 13.5 Å².